The van der Waals surface area contributed by atoms with Gasteiger partial charge in [-0.25, -0.2) is 0 Å². The molecule has 108 valence electrons. The number of rotatable bonds is 4. The second-order valence-corrected chi connectivity index (χ2v) is 5.08. The average Bonchev–Trinajstić information content (AvgIpc) is 2.80. The molecule has 2 aliphatic carbocycles. The van der Waals surface area contributed by atoms with Crippen LogP contribution in [-0.2, 0) is 0 Å². The highest BCUT2D eigenvalue weighted by molar-refractivity contribution is 5.95. The lowest BCUT2D eigenvalue weighted by Gasteiger charge is -2.31. The van der Waals surface area contributed by atoms with Gasteiger partial charge >= 0.3 is 5.69 Å². The number of benzene rings is 1. The van der Waals surface area contributed by atoms with Crippen molar-refractivity contribution in [1.29, 1.82) is 0 Å². The second kappa shape index (κ2) is 4.97. The maximum Gasteiger partial charge on any atom is 0.301 e. The SMILES string of the molecule is O=[N+]([O-])c1ccc(N/N=C2/C[C@H]3CC=C[C@H]23)c([N+](=O)[O-])c1. The summed E-state index contributed by atoms with van der Waals surface area (Å²) in [6.07, 6.45) is 6.15. The zero-order valence-corrected chi connectivity index (χ0v) is 10.9. The number of allylic oxidation sites excluding steroid dienone is 2. The summed E-state index contributed by atoms with van der Waals surface area (Å²) in [5.41, 5.74) is 3.11. The molecule has 0 radical (unpaired) electrons. The molecule has 0 amide bonds. The van der Waals surface area contributed by atoms with Gasteiger partial charge in [-0.05, 0) is 24.8 Å². The topological polar surface area (TPSA) is 111 Å². The van der Waals surface area contributed by atoms with E-state index in [4.69, 9.17) is 0 Å². The lowest BCUT2D eigenvalue weighted by molar-refractivity contribution is -0.393. The molecule has 0 unspecified atom stereocenters. The largest absolute Gasteiger partial charge is 0.301 e. The van der Waals surface area contributed by atoms with Gasteiger partial charge in [-0.15, -0.1) is 0 Å². The molecule has 0 saturated heterocycles. The highest BCUT2D eigenvalue weighted by atomic mass is 16.6. The van der Waals surface area contributed by atoms with Crippen LogP contribution in [0.2, 0.25) is 0 Å². The zero-order valence-electron chi connectivity index (χ0n) is 10.9. The first-order valence-electron chi connectivity index (χ1n) is 6.48. The van der Waals surface area contributed by atoms with E-state index in [1.165, 1.54) is 12.1 Å². The molecule has 21 heavy (non-hydrogen) atoms. The predicted molar refractivity (Wildman–Crippen MR) is 76.2 cm³/mol. The summed E-state index contributed by atoms with van der Waals surface area (Å²) in [6.45, 7) is 0. The Balaban J connectivity index is 1.82. The number of hydrazone groups is 1. The Morgan fingerprint density at radius 1 is 1.24 bits per heavy atom. The third-order valence-corrected chi connectivity index (χ3v) is 3.86. The molecule has 0 aliphatic heterocycles. The lowest BCUT2D eigenvalue weighted by Crippen LogP contribution is -2.33. The number of nitro groups is 2. The van der Waals surface area contributed by atoms with Crippen molar-refractivity contribution in [3.05, 3.63) is 50.6 Å². The predicted octanol–water partition coefficient (Wildman–Crippen LogP) is 2.87. The quantitative estimate of drug-likeness (QED) is 0.520. The van der Waals surface area contributed by atoms with Crippen LogP contribution in [0.5, 0.6) is 0 Å². The number of non-ortho nitro benzene ring substituents is 1. The van der Waals surface area contributed by atoms with Crippen molar-refractivity contribution in [2.45, 2.75) is 12.8 Å². The summed E-state index contributed by atoms with van der Waals surface area (Å²) >= 11 is 0. The van der Waals surface area contributed by atoms with Crippen LogP contribution in [-0.4, -0.2) is 15.6 Å². The molecule has 1 saturated carbocycles. The van der Waals surface area contributed by atoms with Crippen molar-refractivity contribution in [3.63, 3.8) is 0 Å². The van der Waals surface area contributed by atoms with E-state index >= 15 is 0 Å². The van der Waals surface area contributed by atoms with Gasteiger partial charge in [0.25, 0.3) is 5.69 Å². The molecular formula is C13H12N4O4. The molecule has 2 atom stereocenters. The Morgan fingerprint density at radius 2 is 2.05 bits per heavy atom. The van der Waals surface area contributed by atoms with Gasteiger partial charge in [0.05, 0.1) is 15.9 Å². The zero-order chi connectivity index (χ0) is 15.0. The van der Waals surface area contributed by atoms with E-state index in [2.05, 4.69) is 22.7 Å². The van der Waals surface area contributed by atoms with E-state index in [0.717, 1.165) is 24.6 Å². The van der Waals surface area contributed by atoms with Gasteiger partial charge in [0, 0.05) is 17.7 Å². The minimum atomic E-state index is -0.664. The summed E-state index contributed by atoms with van der Waals surface area (Å²) in [5.74, 6) is 0.937. The van der Waals surface area contributed by atoms with E-state index in [9.17, 15) is 20.2 Å². The standard InChI is InChI=1S/C13H12N4O4/c18-16(19)9-4-5-11(13(7-9)17(20)21)14-15-12-6-8-2-1-3-10(8)12/h1,3-5,7-8,10,14H,2,6H2/b15-12-/t8-,10+/m1/s1. The van der Waals surface area contributed by atoms with Crippen LogP contribution in [0.25, 0.3) is 0 Å². The van der Waals surface area contributed by atoms with E-state index in [1.807, 2.05) is 0 Å². The van der Waals surface area contributed by atoms with Gasteiger partial charge < -0.3 is 0 Å². The van der Waals surface area contributed by atoms with Crippen LogP contribution in [0.15, 0.2) is 35.5 Å². The molecule has 0 heterocycles. The Hall–Kier alpha value is -2.77. The molecule has 2 aliphatic rings. The average molecular weight is 288 g/mol. The van der Waals surface area contributed by atoms with Crippen LogP contribution in [0.3, 0.4) is 0 Å². The fraction of sp³-hybridized carbons (Fsp3) is 0.308. The van der Waals surface area contributed by atoms with Gasteiger partial charge in [-0.3, -0.25) is 25.7 Å². The molecule has 1 aromatic carbocycles. The van der Waals surface area contributed by atoms with Gasteiger partial charge in [0.1, 0.15) is 5.69 Å². The van der Waals surface area contributed by atoms with Gasteiger partial charge in [-0.1, -0.05) is 12.2 Å². The number of hydrogen-bond acceptors (Lipinski definition) is 6. The Morgan fingerprint density at radius 3 is 2.71 bits per heavy atom. The Kier molecular flexibility index (Phi) is 3.13. The highest BCUT2D eigenvalue weighted by Crippen LogP contribution is 2.40. The van der Waals surface area contributed by atoms with E-state index in [0.29, 0.717) is 11.8 Å². The molecule has 0 spiro atoms. The van der Waals surface area contributed by atoms with Crippen molar-refractivity contribution in [1.82, 2.24) is 0 Å². The first-order valence-corrected chi connectivity index (χ1v) is 6.48. The fourth-order valence-electron chi connectivity index (χ4n) is 2.67. The van der Waals surface area contributed by atoms with E-state index in [1.54, 1.807) is 0 Å². The van der Waals surface area contributed by atoms with E-state index < -0.39 is 9.85 Å². The molecule has 3 rings (SSSR count). The number of nitro benzene ring substituents is 2. The summed E-state index contributed by atoms with van der Waals surface area (Å²) in [5, 5.41) is 25.9. The Bertz CT molecular complexity index is 683. The normalized spacial score (nSPS) is 24.5. The summed E-state index contributed by atoms with van der Waals surface area (Å²) in [7, 11) is 0. The first kappa shape index (κ1) is 13.2. The van der Waals surface area contributed by atoms with Crippen LogP contribution in [0, 0.1) is 32.1 Å². The molecule has 1 fully saturated rings. The summed E-state index contributed by atoms with van der Waals surface area (Å²) in [6, 6.07) is 3.46. The minimum Gasteiger partial charge on any atom is -0.272 e. The van der Waals surface area contributed by atoms with Crippen molar-refractivity contribution < 1.29 is 9.85 Å². The third kappa shape index (κ3) is 2.35. The van der Waals surface area contributed by atoms with Crippen molar-refractivity contribution in [2.24, 2.45) is 16.9 Å². The van der Waals surface area contributed by atoms with Crippen LogP contribution in [0.1, 0.15) is 12.8 Å². The van der Waals surface area contributed by atoms with Crippen LogP contribution < -0.4 is 5.43 Å². The third-order valence-electron chi connectivity index (χ3n) is 3.86. The molecule has 8 nitrogen and oxygen atoms in total. The van der Waals surface area contributed by atoms with Gasteiger partial charge in [0.15, 0.2) is 0 Å². The summed E-state index contributed by atoms with van der Waals surface area (Å²) in [4.78, 5) is 20.3. The fourth-order valence-corrected chi connectivity index (χ4v) is 2.67. The smallest absolute Gasteiger partial charge is 0.272 e. The van der Waals surface area contributed by atoms with Crippen molar-refractivity contribution in [3.8, 4) is 0 Å². The molecule has 8 heteroatoms. The second-order valence-electron chi connectivity index (χ2n) is 5.08. The first-order chi connectivity index (χ1) is 10.1. The molecule has 1 aromatic rings. The highest BCUT2D eigenvalue weighted by Gasteiger charge is 2.37. The number of fused-ring (bicyclic) bond motifs is 1. The number of anilines is 1. The van der Waals surface area contributed by atoms with Crippen LogP contribution in [0.4, 0.5) is 17.1 Å². The van der Waals surface area contributed by atoms with E-state index in [-0.39, 0.29) is 17.1 Å². The van der Waals surface area contributed by atoms with Crippen molar-refractivity contribution in [2.75, 3.05) is 5.43 Å². The number of nitrogens with one attached hydrogen (secondary N) is 1. The number of hydrogen-bond donors (Lipinski definition) is 1. The molecule has 1 N–H and O–H groups in total. The van der Waals surface area contributed by atoms with Crippen LogP contribution >= 0.6 is 0 Å². The minimum absolute atomic E-state index is 0.156. The van der Waals surface area contributed by atoms with Gasteiger partial charge in [-0.2, -0.15) is 5.10 Å². The van der Waals surface area contributed by atoms with Gasteiger partial charge in [0.2, 0.25) is 0 Å². The number of nitrogens with zero attached hydrogens (tertiary/aromatic N) is 3. The monoisotopic (exact) mass is 288 g/mol. The lowest BCUT2D eigenvalue weighted by atomic mass is 9.74. The maximum absolute atomic E-state index is 11.0. The molecular weight excluding hydrogens is 276 g/mol. The van der Waals surface area contributed by atoms with Crippen molar-refractivity contribution >= 4 is 22.8 Å². The maximum atomic E-state index is 11.0. The molecule has 0 bridgehead atoms. The summed E-state index contributed by atoms with van der Waals surface area (Å²) < 4.78 is 0. The Labute approximate surface area is 119 Å². The molecule has 0 aromatic heterocycles.